The molecule has 0 radical (unpaired) electrons. The first-order valence-electron chi connectivity index (χ1n) is 4.56. The molecule has 1 heterocycles. The van der Waals surface area contributed by atoms with Gasteiger partial charge in [0.15, 0.2) is 0 Å². The third-order valence-corrected chi connectivity index (χ3v) is 2.17. The highest BCUT2D eigenvalue weighted by Crippen LogP contribution is 2.19. The summed E-state index contributed by atoms with van der Waals surface area (Å²) < 4.78 is 25.8. The summed E-state index contributed by atoms with van der Waals surface area (Å²) in [5.74, 6) is -0.801. The Balaban J connectivity index is 2.50. The molecule has 0 atom stereocenters. The lowest BCUT2D eigenvalue weighted by Gasteiger charge is -2.02. The summed E-state index contributed by atoms with van der Waals surface area (Å²) in [4.78, 5) is 3.73. The summed E-state index contributed by atoms with van der Waals surface area (Å²) >= 11 is 0. The lowest BCUT2D eigenvalue weighted by Crippen LogP contribution is -1.89. The maximum Gasteiger partial charge on any atom is 0.213 e. The molecule has 0 amide bonds. The van der Waals surface area contributed by atoms with Crippen LogP contribution in [0, 0.1) is 18.7 Å². The molecule has 0 saturated carbocycles. The van der Waals surface area contributed by atoms with Crippen molar-refractivity contribution in [1.82, 2.24) is 4.98 Å². The summed E-state index contributed by atoms with van der Waals surface area (Å²) in [6, 6.07) is 9.14. The molecule has 1 nitrogen and oxygen atoms in total. The quantitative estimate of drug-likeness (QED) is 0.650. The molecule has 0 aliphatic rings. The van der Waals surface area contributed by atoms with E-state index >= 15 is 0 Å². The normalized spacial score (nSPS) is 10.3. The van der Waals surface area contributed by atoms with Gasteiger partial charge in [-0.3, -0.25) is 0 Å². The average Bonchev–Trinajstić information content (AvgIpc) is 2.22. The van der Waals surface area contributed by atoms with Gasteiger partial charge in [0.1, 0.15) is 5.82 Å². The summed E-state index contributed by atoms with van der Waals surface area (Å²) in [6.45, 7) is 1.66. The summed E-state index contributed by atoms with van der Waals surface area (Å²) in [5, 5.41) is 0. The molecule has 0 bridgehead atoms. The predicted molar refractivity (Wildman–Crippen MR) is 54.3 cm³/mol. The van der Waals surface area contributed by atoms with Crippen LogP contribution in [0.25, 0.3) is 11.3 Å². The van der Waals surface area contributed by atoms with Crippen LogP contribution in [0.5, 0.6) is 0 Å². The van der Waals surface area contributed by atoms with Gasteiger partial charge in [-0.05, 0) is 42.8 Å². The van der Waals surface area contributed by atoms with Gasteiger partial charge in [0.2, 0.25) is 5.95 Å². The van der Waals surface area contributed by atoms with Crippen molar-refractivity contribution in [2.45, 2.75) is 6.92 Å². The molecule has 0 aliphatic heterocycles. The number of aryl methyl sites for hydroxylation is 1. The Kier molecular flexibility index (Phi) is 2.46. The maximum absolute atomic E-state index is 13.0. The van der Waals surface area contributed by atoms with E-state index in [0.29, 0.717) is 16.8 Å². The smallest absolute Gasteiger partial charge is 0.213 e. The molecule has 0 fully saturated rings. The number of hydrogen-bond donors (Lipinski definition) is 0. The lowest BCUT2D eigenvalue weighted by atomic mass is 10.1. The fraction of sp³-hybridized carbons (Fsp3) is 0.0833. The van der Waals surface area contributed by atoms with E-state index in [-0.39, 0.29) is 5.82 Å². The van der Waals surface area contributed by atoms with E-state index in [9.17, 15) is 8.78 Å². The molecule has 2 rings (SSSR count). The molecule has 0 saturated heterocycles. The first-order chi connectivity index (χ1) is 7.16. The van der Waals surface area contributed by atoms with Crippen molar-refractivity contribution in [2.75, 3.05) is 0 Å². The number of benzene rings is 1. The van der Waals surface area contributed by atoms with Crippen LogP contribution in [-0.4, -0.2) is 4.98 Å². The highest BCUT2D eigenvalue weighted by molar-refractivity contribution is 5.59. The number of rotatable bonds is 1. The molecule has 1 aromatic heterocycles. The van der Waals surface area contributed by atoms with Gasteiger partial charge in [-0.25, -0.2) is 9.37 Å². The molecular formula is C12H9F2N. The second-order valence-electron chi connectivity index (χ2n) is 3.31. The van der Waals surface area contributed by atoms with Crippen LogP contribution in [0.3, 0.4) is 0 Å². The van der Waals surface area contributed by atoms with Crippen molar-refractivity contribution in [3.05, 3.63) is 53.7 Å². The Labute approximate surface area is 86.4 Å². The number of halogens is 2. The summed E-state index contributed by atoms with van der Waals surface area (Å²) in [7, 11) is 0. The van der Waals surface area contributed by atoms with E-state index < -0.39 is 5.95 Å². The number of pyridine rings is 1. The molecule has 0 spiro atoms. The van der Waals surface area contributed by atoms with E-state index in [2.05, 4.69) is 4.98 Å². The van der Waals surface area contributed by atoms with Gasteiger partial charge < -0.3 is 0 Å². The van der Waals surface area contributed by atoms with Crippen molar-refractivity contribution >= 4 is 0 Å². The number of aromatic nitrogens is 1. The summed E-state index contributed by atoms with van der Waals surface area (Å²) in [5.41, 5.74) is 1.75. The van der Waals surface area contributed by atoms with Gasteiger partial charge in [-0.15, -0.1) is 0 Å². The largest absolute Gasteiger partial charge is 0.220 e. The van der Waals surface area contributed by atoms with Gasteiger partial charge in [0, 0.05) is 5.56 Å². The molecule has 76 valence electrons. The van der Waals surface area contributed by atoms with Crippen molar-refractivity contribution in [1.29, 1.82) is 0 Å². The van der Waals surface area contributed by atoms with Gasteiger partial charge >= 0.3 is 0 Å². The molecule has 0 unspecified atom stereocenters. The standard InChI is InChI=1S/C12H9F2N/c1-8-7-9(5-6-10(8)13)11-3-2-4-12(14)15-11/h2-7H,1H3. The SMILES string of the molecule is Cc1cc(-c2cccc(F)n2)ccc1F. The highest BCUT2D eigenvalue weighted by Gasteiger charge is 2.03. The van der Waals surface area contributed by atoms with E-state index in [1.165, 1.54) is 12.1 Å². The zero-order valence-corrected chi connectivity index (χ0v) is 8.17. The maximum atomic E-state index is 13.0. The minimum Gasteiger partial charge on any atom is -0.220 e. The third kappa shape index (κ3) is 2.01. The van der Waals surface area contributed by atoms with E-state index in [1.54, 1.807) is 31.2 Å². The van der Waals surface area contributed by atoms with Crippen LogP contribution in [0.4, 0.5) is 8.78 Å². The molecule has 0 N–H and O–H groups in total. The monoisotopic (exact) mass is 205 g/mol. The van der Waals surface area contributed by atoms with Crippen LogP contribution >= 0.6 is 0 Å². The van der Waals surface area contributed by atoms with Crippen LogP contribution < -0.4 is 0 Å². The van der Waals surface area contributed by atoms with E-state index in [4.69, 9.17) is 0 Å². The van der Waals surface area contributed by atoms with Crippen LogP contribution in [0.15, 0.2) is 36.4 Å². The van der Waals surface area contributed by atoms with E-state index in [0.717, 1.165) is 0 Å². The van der Waals surface area contributed by atoms with Crippen molar-refractivity contribution in [3.8, 4) is 11.3 Å². The van der Waals surface area contributed by atoms with Crippen LogP contribution in [0.1, 0.15) is 5.56 Å². The van der Waals surface area contributed by atoms with Gasteiger partial charge in [0.25, 0.3) is 0 Å². The van der Waals surface area contributed by atoms with Gasteiger partial charge in [-0.1, -0.05) is 6.07 Å². The fourth-order valence-corrected chi connectivity index (χ4v) is 1.37. The second-order valence-corrected chi connectivity index (χ2v) is 3.31. The number of hydrogen-bond acceptors (Lipinski definition) is 1. The molecule has 1 aromatic carbocycles. The first-order valence-corrected chi connectivity index (χ1v) is 4.56. The molecule has 3 heteroatoms. The fourth-order valence-electron chi connectivity index (χ4n) is 1.37. The topological polar surface area (TPSA) is 12.9 Å². The van der Waals surface area contributed by atoms with Crippen molar-refractivity contribution in [2.24, 2.45) is 0 Å². The zero-order valence-electron chi connectivity index (χ0n) is 8.17. The van der Waals surface area contributed by atoms with Gasteiger partial charge in [-0.2, -0.15) is 4.39 Å². The molecule has 0 aliphatic carbocycles. The number of nitrogens with zero attached hydrogens (tertiary/aromatic N) is 1. The molecular weight excluding hydrogens is 196 g/mol. The minimum atomic E-state index is -0.533. The molecule has 2 aromatic rings. The Hall–Kier alpha value is -1.77. The van der Waals surface area contributed by atoms with Crippen molar-refractivity contribution in [3.63, 3.8) is 0 Å². The second kappa shape index (κ2) is 3.77. The van der Waals surface area contributed by atoms with Crippen LogP contribution in [-0.2, 0) is 0 Å². The Morgan fingerprint density at radius 3 is 2.53 bits per heavy atom. The Morgan fingerprint density at radius 2 is 1.87 bits per heavy atom. The van der Waals surface area contributed by atoms with E-state index in [1.807, 2.05) is 0 Å². The zero-order chi connectivity index (χ0) is 10.8. The molecule has 15 heavy (non-hydrogen) atoms. The first kappa shape index (κ1) is 9.77. The third-order valence-electron chi connectivity index (χ3n) is 2.17. The Bertz CT molecular complexity index is 495. The van der Waals surface area contributed by atoms with Crippen LogP contribution in [0.2, 0.25) is 0 Å². The van der Waals surface area contributed by atoms with Gasteiger partial charge in [0.05, 0.1) is 5.69 Å². The lowest BCUT2D eigenvalue weighted by molar-refractivity contribution is 0.585. The highest BCUT2D eigenvalue weighted by atomic mass is 19.1. The minimum absolute atomic E-state index is 0.268. The predicted octanol–water partition coefficient (Wildman–Crippen LogP) is 3.34. The average molecular weight is 205 g/mol. The van der Waals surface area contributed by atoms with Crippen molar-refractivity contribution < 1.29 is 8.78 Å². The Morgan fingerprint density at radius 1 is 1.07 bits per heavy atom. The summed E-state index contributed by atoms with van der Waals surface area (Å²) in [6.07, 6.45) is 0.